The van der Waals surface area contributed by atoms with E-state index in [2.05, 4.69) is 10.6 Å². The van der Waals surface area contributed by atoms with Crippen molar-refractivity contribution in [2.75, 3.05) is 11.5 Å². The maximum Gasteiger partial charge on any atom is 0.268 e. The molecule has 1 fully saturated rings. The highest BCUT2D eigenvalue weighted by Crippen LogP contribution is 2.14. The van der Waals surface area contributed by atoms with E-state index in [0.29, 0.717) is 12.0 Å². The molecule has 29 heavy (non-hydrogen) atoms. The second-order valence-corrected chi connectivity index (χ2v) is 9.20. The molecule has 2 amide bonds. The number of rotatable bonds is 5. The van der Waals surface area contributed by atoms with E-state index in [1.54, 1.807) is 30.3 Å². The lowest BCUT2D eigenvalue weighted by atomic mass is 10.1. The molecule has 1 unspecified atom stereocenters. The smallest absolute Gasteiger partial charge is 0.268 e. The quantitative estimate of drug-likeness (QED) is 0.731. The van der Waals surface area contributed by atoms with Crippen LogP contribution in [0.4, 0.5) is 4.39 Å². The first-order valence-corrected chi connectivity index (χ1v) is 10.9. The summed E-state index contributed by atoms with van der Waals surface area (Å²) in [6.07, 6.45) is 1.53. The van der Waals surface area contributed by atoms with E-state index in [9.17, 15) is 22.4 Å². The van der Waals surface area contributed by atoms with Gasteiger partial charge in [-0.15, -0.1) is 0 Å². The summed E-state index contributed by atoms with van der Waals surface area (Å²) in [4.78, 5) is 25.3. The summed E-state index contributed by atoms with van der Waals surface area (Å²) in [6.45, 7) is 1.88. The van der Waals surface area contributed by atoms with Crippen LogP contribution >= 0.6 is 0 Å². The Hall–Kier alpha value is -3.00. The Morgan fingerprint density at radius 2 is 1.79 bits per heavy atom. The molecule has 8 heteroatoms. The highest BCUT2D eigenvalue weighted by molar-refractivity contribution is 7.91. The van der Waals surface area contributed by atoms with Crippen molar-refractivity contribution >= 4 is 27.7 Å². The Labute approximate surface area is 168 Å². The third kappa shape index (κ3) is 5.51. The lowest BCUT2D eigenvalue weighted by molar-refractivity contribution is -0.118. The number of benzene rings is 2. The van der Waals surface area contributed by atoms with E-state index in [1.165, 1.54) is 24.3 Å². The van der Waals surface area contributed by atoms with E-state index >= 15 is 0 Å². The molecule has 1 aliphatic heterocycles. The van der Waals surface area contributed by atoms with Gasteiger partial charge < -0.3 is 10.6 Å². The topological polar surface area (TPSA) is 92.3 Å². The maximum absolute atomic E-state index is 14.1. The van der Waals surface area contributed by atoms with E-state index in [0.717, 1.165) is 5.56 Å². The van der Waals surface area contributed by atoms with Gasteiger partial charge in [0, 0.05) is 17.2 Å². The van der Waals surface area contributed by atoms with Crippen molar-refractivity contribution in [3.63, 3.8) is 0 Å². The fourth-order valence-corrected chi connectivity index (χ4v) is 4.65. The Bertz CT molecular complexity index is 1060. The van der Waals surface area contributed by atoms with Crippen LogP contribution in [-0.2, 0) is 14.6 Å². The lowest BCUT2D eigenvalue weighted by Crippen LogP contribution is -2.41. The standard InChI is InChI=1S/C21H21FN2O4S/c1-14-6-8-15(9-7-14)20(25)24-19(12-16-4-2-3-5-18(16)22)21(26)23-17-10-11-29(27,28)13-17/h2-9,12,17H,10-11,13H2,1H3,(H,23,26)(H,24,25)/b19-12+. The molecular formula is C21H21FN2O4S. The second kappa shape index (κ2) is 8.57. The van der Waals surface area contributed by atoms with Gasteiger partial charge in [-0.1, -0.05) is 35.9 Å². The number of hydrogen-bond donors (Lipinski definition) is 2. The molecule has 6 nitrogen and oxygen atoms in total. The summed E-state index contributed by atoms with van der Waals surface area (Å²) in [5.41, 5.74) is 1.28. The van der Waals surface area contributed by atoms with Crippen LogP contribution in [0.5, 0.6) is 0 Å². The van der Waals surface area contributed by atoms with Gasteiger partial charge in [-0.3, -0.25) is 9.59 Å². The zero-order valence-electron chi connectivity index (χ0n) is 15.8. The molecule has 1 atom stereocenters. The number of aryl methyl sites for hydroxylation is 1. The van der Waals surface area contributed by atoms with Crippen LogP contribution in [0.2, 0.25) is 0 Å². The van der Waals surface area contributed by atoms with Crippen LogP contribution in [0.3, 0.4) is 0 Å². The number of halogens is 1. The molecular weight excluding hydrogens is 395 g/mol. The molecule has 1 saturated heterocycles. The van der Waals surface area contributed by atoms with Crippen molar-refractivity contribution in [2.24, 2.45) is 0 Å². The Morgan fingerprint density at radius 3 is 2.41 bits per heavy atom. The van der Waals surface area contributed by atoms with Crippen molar-refractivity contribution in [3.8, 4) is 0 Å². The van der Waals surface area contributed by atoms with Crippen molar-refractivity contribution in [2.45, 2.75) is 19.4 Å². The normalized spacial score (nSPS) is 18.3. The van der Waals surface area contributed by atoms with Crippen LogP contribution in [-0.4, -0.2) is 37.8 Å². The van der Waals surface area contributed by atoms with Crippen molar-refractivity contribution in [3.05, 3.63) is 76.7 Å². The summed E-state index contributed by atoms with van der Waals surface area (Å²) in [7, 11) is -3.18. The predicted octanol–water partition coefficient (Wildman–Crippen LogP) is 2.21. The minimum Gasteiger partial charge on any atom is -0.347 e. The van der Waals surface area contributed by atoms with Crippen molar-refractivity contribution in [1.82, 2.24) is 10.6 Å². The average Bonchev–Trinajstić information content (AvgIpc) is 3.01. The highest BCUT2D eigenvalue weighted by atomic mass is 32.2. The first-order valence-electron chi connectivity index (χ1n) is 9.09. The monoisotopic (exact) mass is 416 g/mol. The average molecular weight is 416 g/mol. The number of nitrogens with one attached hydrogen (secondary N) is 2. The summed E-state index contributed by atoms with van der Waals surface area (Å²) >= 11 is 0. The summed E-state index contributed by atoms with van der Waals surface area (Å²) in [5.74, 6) is -1.90. The number of hydrogen-bond acceptors (Lipinski definition) is 4. The van der Waals surface area contributed by atoms with Crippen LogP contribution < -0.4 is 10.6 Å². The van der Waals surface area contributed by atoms with E-state index < -0.39 is 33.5 Å². The number of carbonyl (C=O) groups is 2. The minimum absolute atomic E-state index is 0.0000330. The molecule has 3 rings (SSSR count). The van der Waals surface area contributed by atoms with Gasteiger partial charge >= 0.3 is 0 Å². The molecule has 0 radical (unpaired) electrons. The molecule has 2 N–H and O–H groups in total. The first kappa shape index (κ1) is 20.7. The molecule has 0 bridgehead atoms. The van der Waals surface area contributed by atoms with Gasteiger partial charge in [0.2, 0.25) is 0 Å². The van der Waals surface area contributed by atoms with Gasteiger partial charge in [0.25, 0.3) is 11.8 Å². The van der Waals surface area contributed by atoms with E-state index in [4.69, 9.17) is 0 Å². The fraction of sp³-hybridized carbons (Fsp3) is 0.238. The molecule has 0 saturated carbocycles. The fourth-order valence-electron chi connectivity index (χ4n) is 2.98. The van der Waals surface area contributed by atoms with Gasteiger partial charge in [-0.2, -0.15) is 0 Å². The summed E-state index contributed by atoms with van der Waals surface area (Å²) < 4.78 is 37.3. The second-order valence-electron chi connectivity index (χ2n) is 6.97. The maximum atomic E-state index is 14.1. The third-order valence-corrected chi connectivity index (χ3v) is 6.35. The number of carbonyl (C=O) groups excluding carboxylic acids is 2. The molecule has 152 valence electrons. The lowest BCUT2D eigenvalue weighted by Gasteiger charge is -2.15. The Balaban J connectivity index is 1.85. The molecule has 0 aromatic heterocycles. The Kier molecular flexibility index (Phi) is 6.12. The van der Waals surface area contributed by atoms with Crippen LogP contribution in [0.1, 0.15) is 27.9 Å². The molecule has 1 aliphatic rings. The summed E-state index contributed by atoms with van der Waals surface area (Å²) in [5, 5.41) is 5.13. The van der Waals surface area contributed by atoms with Crippen molar-refractivity contribution < 1.29 is 22.4 Å². The van der Waals surface area contributed by atoms with E-state index in [1.807, 2.05) is 6.92 Å². The number of amides is 2. The molecule has 2 aromatic carbocycles. The first-order chi connectivity index (χ1) is 13.7. The van der Waals surface area contributed by atoms with Crippen molar-refractivity contribution in [1.29, 1.82) is 0 Å². The van der Waals surface area contributed by atoms with Crippen LogP contribution in [0.25, 0.3) is 6.08 Å². The summed E-state index contributed by atoms with van der Waals surface area (Å²) in [6, 6.07) is 12.0. The SMILES string of the molecule is Cc1ccc(C(=O)N/C(=C/c2ccccc2F)C(=O)NC2CCS(=O)(=O)C2)cc1. The third-order valence-electron chi connectivity index (χ3n) is 4.58. The zero-order chi connectivity index (χ0) is 21.0. The number of sulfone groups is 1. The van der Waals surface area contributed by atoms with Gasteiger partial charge in [-0.25, -0.2) is 12.8 Å². The highest BCUT2D eigenvalue weighted by Gasteiger charge is 2.30. The molecule has 0 aliphatic carbocycles. The van der Waals surface area contributed by atoms with Gasteiger partial charge in [0.15, 0.2) is 9.84 Å². The van der Waals surface area contributed by atoms with Gasteiger partial charge in [0.05, 0.1) is 11.5 Å². The van der Waals surface area contributed by atoms with Gasteiger partial charge in [-0.05, 0) is 37.6 Å². The minimum atomic E-state index is -3.18. The van der Waals surface area contributed by atoms with Gasteiger partial charge in [0.1, 0.15) is 11.5 Å². The largest absolute Gasteiger partial charge is 0.347 e. The zero-order valence-corrected chi connectivity index (χ0v) is 16.6. The van der Waals surface area contributed by atoms with Crippen LogP contribution in [0.15, 0.2) is 54.2 Å². The van der Waals surface area contributed by atoms with Crippen LogP contribution in [0, 0.1) is 12.7 Å². The Morgan fingerprint density at radius 1 is 1.10 bits per heavy atom. The molecule has 0 spiro atoms. The molecule has 1 heterocycles. The van der Waals surface area contributed by atoms with E-state index in [-0.39, 0.29) is 22.8 Å². The predicted molar refractivity (Wildman–Crippen MR) is 108 cm³/mol. The molecule has 2 aromatic rings.